The van der Waals surface area contributed by atoms with Crippen molar-refractivity contribution in [3.8, 4) is 5.75 Å². The van der Waals surface area contributed by atoms with Gasteiger partial charge in [0.05, 0.1) is 19.2 Å². The van der Waals surface area contributed by atoms with Crippen molar-refractivity contribution in [3.05, 3.63) is 48.0 Å². The monoisotopic (exact) mass is 444 g/mol. The molecule has 0 atom stereocenters. The van der Waals surface area contributed by atoms with Crippen LogP contribution in [0.5, 0.6) is 5.75 Å². The highest BCUT2D eigenvalue weighted by molar-refractivity contribution is 7.98. The molecule has 0 saturated carbocycles. The Morgan fingerprint density at radius 2 is 1.68 bits per heavy atom. The minimum Gasteiger partial charge on any atom is -0.495 e. The molecule has 164 valence electrons. The molecular weight excluding hydrogens is 420 g/mol. The Morgan fingerprint density at radius 1 is 0.968 bits per heavy atom. The zero-order valence-corrected chi connectivity index (χ0v) is 18.3. The lowest BCUT2D eigenvalue weighted by atomic mass is 10.1. The van der Waals surface area contributed by atoms with Gasteiger partial charge in [-0.05, 0) is 36.6 Å². The Hall–Kier alpha value is -3.33. The van der Waals surface area contributed by atoms with Gasteiger partial charge in [0, 0.05) is 29.5 Å². The van der Waals surface area contributed by atoms with Crippen LogP contribution in [-0.2, 0) is 19.1 Å². The molecule has 0 fully saturated rings. The van der Waals surface area contributed by atoms with Crippen LogP contribution in [-0.4, -0.2) is 43.5 Å². The molecule has 31 heavy (non-hydrogen) atoms. The number of amides is 2. The van der Waals surface area contributed by atoms with E-state index in [9.17, 15) is 19.2 Å². The first-order chi connectivity index (χ1) is 14.8. The number of carbonyl (C=O) groups excluding carboxylic acids is 4. The molecule has 0 radical (unpaired) electrons. The molecule has 0 aliphatic rings. The molecule has 2 N–H and O–H groups in total. The van der Waals surface area contributed by atoms with Gasteiger partial charge in [0.15, 0.2) is 12.4 Å². The van der Waals surface area contributed by atoms with E-state index in [0.717, 1.165) is 4.90 Å². The Morgan fingerprint density at radius 3 is 2.29 bits per heavy atom. The third kappa shape index (κ3) is 7.78. The fraction of sp³-hybridized carbons (Fsp3) is 0.273. The number of nitrogens with one attached hydrogen (secondary N) is 2. The average Bonchev–Trinajstić information content (AvgIpc) is 2.76. The van der Waals surface area contributed by atoms with Crippen molar-refractivity contribution in [3.63, 3.8) is 0 Å². The van der Waals surface area contributed by atoms with Gasteiger partial charge in [-0.2, -0.15) is 0 Å². The number of rotatable bonds is 10. The molecule has 0 unspecified atom stereocenters. The number of thioether (sulfide) groups is 1. The van der Waals surface area contributed by atoms with E-state index in [-0.39, 0.29) is 24.5 Å². The second-order valence-corrected chi connectivity index (χ2v) is 7.34. The summed E-state index contributed by atoms with van der Waals surface area (Å²) >= 11 is 1.57. The van der Waals surface area contributed by atoms with Crippen molar-refractivity contribution in [2.75, 3.05) is 30.6 Å². The van der Waals surface area contributed by atoms with Gasteiger partial charge in [-0.3, -0.25) is 19.2 Å². The van der Waals surface area contributed by atoms with Crippen LogP contribution >= 0.6 is 11.8 Å². The highest BCUT2D eigenvalue weighted by atomic mass is 32.2. The predicted molar refractivity (Wildman–Crippen MR) is 119 cm³/mol. The Balaban J connectivity index is 1.83. The molecule has 0 aromatic heterocycles. The summed E-state index contributed by atoms with van der Waals surface area (Å²) in [5.74, 6) is -1.28. The van der Waals surface area contributed by atoms with Gasteiger partial charge in [0.25, 0.3) is 5.91 Å². The maximum atomic E-state index is 12.2. The van der Waals surface area contributed by atoms with E-state index in [1.54, 1.807) is 36.0 Å². The van der Waals surface area contributed by atoms with Crippen molar-refractivity contribution < 1.29 is 28.7 Å². The lowest BCUT2D eigenvalue weighted by molar-refractivity contribution is -0.147. The minimum atomic E-state index is -0.650. The first-order valence-electron chi connectivity index (χ1n) is 9.40. The minimum absolute atomic E-state index is 0.00828. The number of methoxy groups -OCH3 is 1. The zero-order valence-electron chi connectivity index (χ0n) is 17.5. The molecule has 0 spiro atoms. The normalized spacial score (nSPS) is 10.2. The molecule has 2 aromatic carbocycles. The molecule has 2 aromatic rings. The number of carbonyl (C=O) groups is 4. The molecule has 0 bridgehead atoms. The molecule has 2 amide bonds. The quantitative estimate of drug-likeness (QED) is 0.328. The molecule has 0 aliphatic heterocycles. The number of hydrogen-bond acceptors (Lipinski definition) is 7. The van der Waals surface area contributed by atoms with E-state index in [1.165, 1.54) is 20.1 Å². The van der Waals surface area contributed by atoms with Crippen LogP contribution in [0.25, 0.3) is 0 Å². The number of ketones is 1. The van der Waals surface area contributed by atoms with Gasteiger partial charge in [0.1, 0.15) is 5.75 Å². The van der Waals surface area contributed by atoms with Crippen LogP contribution in [0.2, 0.25) is 0 Å². The smallest absolute Gasteiger partial charge is 0.306 e. The summed E-state index contributed by atoms with van der Waals surface area (Å²) in [5, 5.41) is 5.17. The van der Waals surface area contributed by atoms with Crippen LogP contribution in [0.1, 0.15) is 30.1 Å². The molecule has 0 aliphatic carbocycles. The number of ether oxygens (including phenoxy) is 2. The fourth-order valence-electron chi connectivity index (χ4n) is 2.63. The summed E-state index contributed by atoms with van der Waals surface area (Å²) < 4.78 is 10.1. The molecular formula is C22H24N2O6S. The third-order valence-corrected chi connectivity index (χ3v) is 4.87. The van der Waals surface area contributed by atoms with Crippen molar-refractivity contribution in [2.24, 2.45) is 0 Å². The van der Waals surface area contributed by atoms with E-state index in [1.807, 2.05) is 18.4 Å². The fourth-order valence-corrected chi connectivity index (χ4v) is 3.04. The highest BCUT2D eigenvalue weighted by Crippen LogP contribution is 2.27. The summed E-state index contributed by atoms with van der Waals surface area (Å²) in [5.41, 5.74) is 1.32. The zero-order chi connectivity index (χ0) is 22.8. The van der Waals surface area contributed by atoms with Crippen LogP contribution in [0.15, 0.2) is 47.4 Å². The summed E-state index contributed by atoms with van der Waals surface area (Å²) in [6.45, 7) is 0.856. The average molecular weight is 445 g/mol. The summed E-state index contributed by atoms with van der Waals surface area (Å²) in [4.78, 5) is 48.5. The van der Waals surface area contributed by atoms with Gasteiger partial charge < -0.3 is 20.1 Å². The first-order valence-corrected chi connectivity index (χ1v) is 10.6. The van der Waals surface area contributed by atoms with Crippen molar-refractivity contribution in [1.82, 2.24) is 0 Å². The van der Waals surface area contributed by atoms with Crippen molar-refractivity contribution in [1.29, 1.82) is 0 Å². The summed E-state index contributed by atoms with van der Waals surface area (Å²) in [6, 6.07) is 11.9. The van der Waals surface area contributed by atoms with Gasteiger partial charge >= 0.3 is 5.97 Å². The van der Waals surface area contributed by atoms with E-state index >= 15 is 0 Å². The molecule has 9 heteroatoms. The molecule has 2 rings (SSSR count). The second-order valence-electron chi connectivity index (χ2n) is 6.46. The Labute approximate surface area is 184 Å². The van der Waals surface area contributed by atoms with Crippen molar-refractivity contribution in [2.45, 2.75) is 24.7 Å². The Kier molecular flexibility index (Phi) is 9.08. The maximum absolute atomic E-state index is 12.2. The SMILES string of the molecule is COc1ccc(NC(C)=O)cc1NC(=O)COC(=O)CCC(=O)c1ccc(SC)cc1. The van der Waals surface area contributed by atoms with E-state index in [4.69, 9.17) is 9.47 Å². The van der Waals surface area contributed by atoms with E-state index < -0.39 is 18.5 Å². The predicted octanol–water partition coefficient (Wildman–Crippen LogP) is 3.52. The third-order valence-electron chi connectivity index (χ3n) is 4.13. The molecule has 0 saturated heterocycles. The first kappa shape index (κ1) is 23.9. The highest BCUT2D eigenvalue weighted by Gasteiger charge is 2.14. The molecule has 0 heterocycles. The van der Waals surface area contributed by atoms with Crippen LogP contribution in [0, 0.1) is 0 Å². The van der Waals surface area contributed by atoms with Gasteiger partial charge in [-0.1, -0.05) is 12.1 Å². The lowest BCUT2D eigenvalue weighted by Crippen LogP contribution is -2.21. The van der Waals surface area contributed by atoms with Gasteiger partial charge in [-0.25, -0.2) is 0 Å². The number of benzene rings is 2. The topological polar surface area (TPSA) is 111 Å². The second kappa shape index (κ2) is 11.8. The Bertz CT molecular complexity index is 959. The van der Waals surface area contributed by atoms with E-state index in [2.05, 4.69) is 10.6 Å². The number of esters is 1. The standard InChI is InChI=1S/C22H24N2O6S/c1-14(25)23-16-6-10-20(29-2)18(12-16)24-21(27)13-30-22(28)11-9-19(26)15-4-7-17(31-3)8-5-15/h4-8,10,12H,9,11,13H2,1-3H3,(H,23,25)(H,24,27). The van der Waals surface area contributed by atoms with Crippen molar-refractivity contribution >= 4 is 46.7 Å². The summed E-state index contributed by atoms with van der Waals surface area (Å²) in [6.07, 6.45) is 1.81. The van der Waals surface area contributed by atoms with Gasteiger partial charge in [-0.15, -0.1) is 11.8 Å². The van der Waals surface area contributed by atoms with Crippen LogP contribution < -0.4 is 15.4 Å². The molecule has 8 nitrogen and oxygen atoms in total. The number of hydrogen-bond donors (Lipinski definition) is 2. The number of anilines is 2. The largest absolute Gasteiger partial charge is 0.495 e. The number of Topliss-reactive ketones (excluding diaryl/α,β-unsaturated/α-hetero) is 1. The maximum Gasteiger partial charge on any atom is 0.306 e. The van der Waals surface area contributed by atoms with Crippen LogP contribution in [0.4, 0.5) is 11.4 Å². The lowest BCUT2D eigenvalue weighted by Gasteiger charge is -2.12. The van der Waals surface area contributed by atoms with Crippen LogP contribution in [0.3, 0.4) is 0 Å². The van der Waals surface area contributed by atoms with E-state index in [0.29, 0.717) is 22.7 Å². The summed E-state index contributed by atoms with van der Waals surface area (Å²) in [7, 11) is 1.44. The van der Waals surface area contributed by atoms with Gasteiger partial charge in [0.2, 0.25) is 5.91 Å².